The second-order valence-corrected chi connectivity index (χ2v) is 5.98. The molecule has 3 rings (SSSR count). The van der Waals surface area contributed by atoms with Crippen LogP contribution in [0.1, 0.15) is 38.2 Å². The third kappa shape index (κ3) is 2.75. The van der Waals surface area contributed by atoms with Crippen molar-refractivity contribution in [3.05, 3.63) is 35.9 Å². The molecule has 1 N–H and O–H groups in total. The molecule has 1 atom stereocenters. The molecule has 0 unspecified atom stereocenters. The minimum atomic E-state index is -0.635. The highest BCUT2D eigenvalue weighted by Gasteiger charge is 2.43. The maximum atomic E-state index is 12.3. The first kappa shape index (κ1) is 14.8. The highest BCUT2D eigenvalue weighted by atomic mass is 16.2. The normalized spacial score (nSPS) is 24.3. The van der Waals surface area contributed by atoms with E-state index in [1.165, 1.54) is 0 Å². The van der Waals surface area contributed by atoms with Crippen LogP contribution in [0.2, 0.25) is 0 Å². The quantitative estimate of drug-likeness (QED) is 0.924. The zero-order chi connectivity index (χ0) is 15.6. The summed E-state index contributed by atoms with van der Waals surface area (Å²) in [5.74, 6) is 0.00942. The van der Waals surface area contributed by atoms with E-state index in [4.69, 9.17) is 0 Å². The molecule has 1 spiro atoms. The third-order valence-electron chi connectivity index (χ3n) is 4.22. The monoisotopic (exact) mass is 299 g/mol. The van der Waals surface area contributed by atoms with E-state index in [9.17, 15) is 9.59 Å². The molecule has 1 saturated heterocycles. The number of amides is 2. The topological polar surface area (TPSA) is 61.8 Å². The van der Waals surface area contributed by atoms with Crippen molar-refractivity contribution >= 4 is 17.5 Å². The number of likely N-dealkylation sites (tertiary alicyclic amines) is 1. The van der Waals surface area contributed by atoms with E-state index in [0.29, 0.717) is 18.7 Å². The number of benzene rings is 1. The number of rotatable bonds is 3. The number of aliphatic imine (C=N–C) groups is 1. The van der Waals surface area contributed by atoms with Gasteiger partial charge in [-0.05, 0) is 19.3 Å². The van der Waals surface area contributed by atoms with Gasteiger partial charge in [0.15, 0.2) is 5.66 Å². The van der Waals surface area contributed by atoms with Gasteiger partial charge in [-0.25, -0.2) is 4.99 Å². The van der Waals surface area contributed by atoms with Gasteiger partial charge in [-0.3, -0.25) is 9.59 Å². The molecule has 2 heterocycles. The molecule has 0 aromatic heterocycles. The summed E-state index contributed by atoms with van der Waals surface area (Å²) in [5.41, 5.74) is 0.670. The Kier molecular flexibility index (Phi) is 3.96. The summed E-state index contributed by atoms with van der Waals surface area (Å²) in [4.78, 5) is 31.0. The van der Waals surface area contributed by atoms with Crippen molar-refractivity contribution in [2.45, 2.75) is 38.3 Å². The average molecular weight is 299 g/mol. The molecule has 1 aromatic rings. The smallest absolute Gasteiger partial charge is 0.272 e. The van der Waals surface area contributed by atoms with Crippen LogP contribution in [0.4, 0.5) is 0 Å². The Balaban J connectivity index is 1.83. The van der Waals surface area contributed by atoms with E-state index in [1.54, 1.807) is 0 Å². The largest absolute Gasteiger partial charge is 0.338 e. The van der Waals surface area contributed by atoms with Gasteiger partial charge in [0, 0.05) is 18.5 Å². The van der Waals surface area contributed by atoms with Gasteiger partial charge in [0.1, 0.15) is 5.71 Å². The molecule has 2 aliphatic heterocycles. The van der Waals surface area contributed by atoms with E-state index in [1.807, 2.05) is 42.2 Å². The molecule has 1 fully saturated rings. The summed E-state index contributed by atoms with van der Waals surface area (Å²) < 4.78 is 0. The fraction of sp³-hybridized carbons (Fsp3) is 0.471. The molecule has 5 heteroatoms. The van der Waals surface area contributed by atoms with Crippen LogP contribution in [0, 0.1) is 0 Å². The summed E-state index contributed by atoms with van der Waals surface area (Å²) in [6, 6.07) is 9.49. The Bertz CT molecular complexity index is 612. The molecule has 0 saturated carbocycles. The van der Waals surface area contributed by atoms with Crippen LogP contribution in [0.3, 0.4) is 0 Å². The lowest BCUT2D eigenvalue weighted by Crippen LogP contribution is -2.56. The van der Waals surface area contributed by atoms with E-state index < -0.39 is 5.66 Å². The molecule has 0 bridgehead atoms. The second-order valence-electron chi connectivity index (χ2n) is 5.98. The van der Waals surface area contributed by atoms with Gasteiger partial charge < -0.3 is 10.2 Å². The predicted octanol–water partition coefficient (Wildman–Crippen LogP) is 1.72. The van der Waals surface area contributed by atoms with Crippen LogP contribution in [-0.4, -0.2) is 41.2 Å². The lowest BCUT2D eigenvalue weighted by molar-refractivity contribution is -0.134. The zero-order valence-electron chi connectivity index (χ0n) is 12.8. The molecular weight excluding hydrogens is 278 g/mol. The Labute approximate surface area is 130 Å². The molecule has 22 heavy (non-hydrogen) atoms. The SMILES string of the molecule is CCCC(=O)N1CCC[C@@]2(C1)N=C(c1ccccc1)C(=O)N2. The van der Waals surface area contributed by atoms with Crippen molar-refractivity contribution in [3.63, 3.8) is 0 Å². The van der Waals surface area contributed by atoms with Crippen molar-refractivity contribution < 1.29 is 9.59 Å². The number of nitrogens with zero attached hydrogens (tertiary/aromatic N) is 2. The average Bonchev–Trinajstić information content (AvgIpc) is 2.84. The Hall–Kier alpha value is -2.17. The van der Waals surface area contributed by atoms with Crippen LogP contribution in [0.15, 0.2) is 35.3 Å². The predicted molar refractivity (Wildman–Crippen MR) is 84.6 cm³/mol. The zero-order valence-corrected chi connectivity index (χ0v) is 12.8. The number of carbonyl (C=O) groups excluding carboxylic acids is 2. The van der Waals surface area contributed by atoms with Gasteiger partial charge in [-0.2, -0.15) is 0 Å². The highest BCUT2D eigenvalue weighted by molar-refractivity contribution is 6.46. The van der Waals surface area contributed by atoms with Crippen LogP contribution in [-0.2, 0) is 9.59 Å². The minimum Gasteiger partial charge on any atom is -0.338 e. The number of piperidine rings is 1. The van der Waals surface area contributed by atoms with Gasteiger partial charge in [-0.15, -0.1) is 0 Å². The number of carbonyl (C=O) groups is 2. The molecular formula is C17H21N3O2. The van der Waals surface area contributed by atoms with Crippen molar-refractivity contribution in [1.82, 2.24) is 10.2 Å². The second kappa shape index (κ2) is 5.91. The first-order chi connectivity index (χ1) is 10.6. The van der Waals surface area contributed by atoms with E-state index in [-0.39, 0.29) is 11.8 Å². The minimum absolute atomic E-state index is 0.143. The molecule has 2 amide bonds. The summed E-state index contributed by atoms with van der Waals surface area (Å²) in [6.45, 7) is 3.24. The van der Waals surface area contributed by atoms with Crippen LogP contribution < -0.4 is 5.32 Å². The van der Waals surface area contributed by atoms with Crippen LogP contribution >= 0.6 is 0 Å². The Morgan fingerprint density at radius 3 is 2.86 bits per heavy atom. The number of hydrogen-bond donors (Lipinski definition) is 1. The number of hydrogen-bond acceptors (Lipinski definition) is 3. The lowest BCUT2D eigenvalue weighted by atomic mass is 9.99. The van der Waals surface area contributed by atoms with Crippen molar-refractivity contribution in [3.8, 4) is 0 Å². The van der Waals surface area contributed by atoms with Crippen molar-refractivity contribution in [2.75, 3.05) is 13.1 Å². The van der Waals surface area contributed by atoms with Gasteiger partial charge in [-0.1, -0.05) is 37.3 Å². The standard InChI is InChI=1S/C17H21N3O2/c1-2-7-14(21)20-11-6-10-17(12-20)18-15(16(22)19-17)13-8-4-3-5-9-13/h3-5,8-9H,2,6-7,10-12H2,1H3,(H,19,22)/t17-/m1/s1. The van der Waals surface area contributed by atoms with E-state index in [0.717, 1.165) is 31.4 Å². The Morgan fingerprint density at radius 2 is 2.14 bits per heavy atom. The first-order valence-electron chi connectivity index (χ1n) is 7.89. The van der Waals surface area contributed by atoms with Gasteiger partial charge in [0.05, 0.1) is 6.54 Å². The molecule has 5 nitrogen and oxygen atoms in total. The molecule has 0 radical (unpaired) electrons. The van der Waals surface area contributed by atoms with Gasteiger partial charge in [0.2, 0.25) is 5.91 Å². The summed E-state index contributed by atoms with van der Waals surface area (Å²) >= 11 is 0. The molecule has 1 aromatic carbocycles. The third-order valence-corrected chi connectivity index (χ3v) is 4.22. The fourth-order valence-corrected chi connectivity index (χ4v) is 3.17. The van der Waals surface area contributed by atoms with Crippen molar-refractivity contribution in [1.29, 1.82) is 0 Å². The maximum Gasteiger partial charge on any atom is 0.272 e. The first-order valence-corrected chi connectivity index (χ1v) is 7.89. The molecule has 2 aliphatic rings. The summed E-state index contributed by atoms with van der Waals surface area (Å²) in [7, 11) is 0. The van der Waals surface area contributed by atoms with Gasteiger partial charge >= 0.3 is 0 Å². The Morgan fingerprint density at radius 1 is 1.36 bits per heavy atom. The van der Waals surface area contributed by atoms with Crippen LogP contribution in [0.5, 0.6) is 0 Å². The van der Waals surface area contributed by atoms with Crippen molar-refractivity contribution in [2.24, 2.45) is 4.99 Å². The lowest BCUT2D eigenvalue weighted by Gasteiger charge is -2.38. The fourth-order valence-electron chi connectivity index (χ4n) is 3.17. The molecule has 0 aliphatic carbocycles. The maximum absolute atomic E-state index is 12.3. The molecule has 116 valence electrons. The summed E-state index contributed by atoms with van der Waals surface area (Å²) in [6.07, 6.45) is 3.04. The van der Waals surface area contributed by atoms with Crippen LogP contribution in [0.25, 0.3) is 0 Å². The van der Waals surface area contributed by atoms with E-state index in [2.05, 4.69) is 10.3 Å². The van der Waals surface area contributed by atoms with Gasteiger partial charge in [0.25, 0.3) is 5.91 Å². The highest BCUT2D eigenvalue weighted by Crippen LogP contribution is 2.28. The van der Waals surface area contributed by atoms with E-state index >= 15 is 0 Å². The summed E-state index contributed by atoms with van der Waals surface area (Å²) in [5, 5.41) is 3.01. The number of nitrogens with one attached hydrogen (secondary N) is 1.